The molecule has 3 aromatic heterocycles. The first-order chi connectivity index (χ1) is 17.9. The van der Waals surface area contributed by atoms with Crippen molar-refractivity contribution >= 4 is 44.1 Å². The van der Waals surface area contributed by atoms with Gasteiger partial charge >= 0.3 is 0 Å². The second-order valence-electron chi connectivity index (χ2n) is 10.3. The minimum atomic E-state index is -1.33. The van der Waals surface area contributed by atoms with Crippen molar-refractivity contribution in [2.24, 2.45) is 0 Å². The van der Waals surface area contributed by atoms with Crippen molar-refractivity contribution in [2.75, 3.05) is 57.4 Å². The van der Waals surface area contributed by atoms with Gasteiger partial charge in [-0.2, -0.15) is 5.10 Å². The molecule has 9 nitrogen and oxygen atoms in total. The summed E-state index contributed by atoms with van der Waals surface area (Å²) in [5.74, 6) is 0.813. The number of hydrogen-bond donors (Lipinski definition) is 2. The van der Waals surface area contributed by atoms with Crippen LogP contribution in [-0.4, -0.2) is 94.1 Å². The summed E-state index contributed by atoms with van der Waals surface area (Å²) in [4.78, 5) is 25.3. The average molecular weight is 521 g/mol. The number of aromatic amines is 1. The van der Waals surface area contributed by atoms with E-state index in [1.54, 1.807) is 30.1 Å². The van der Waals surface area contributed by atoms with E-state index in [0.29, 0.717) is 26.3 Å². The highest BCUT2D eigenvalue weighted by Crippen LogP contribution is 2.40. The molecule has 2 saturated heterocycles. The number of aromatic nitrogens is 3. The number of piperazine rings is 1. The number of nitrogens with one attached hydrogen (secondary N) is 1. The van der Waals surface area contributed by atoms with E-state index >= 15 is 0 Å². The predicted octanol–water partition coefficient (Wildman–Crippen LogP) is 3.09. The fourth-order valence-corrected chi connectivity index (χ4v) is 6.36. The Bertz CT molecular complexity index is 1430. The quantitative estimate of drug-likeness (QED) is 0.417. The van der Waals surface area contributed by atoms with Gasteiger partial charge in [0.25, 0.3) is 5.91 Å². The summed E-state index contributed by atoms with van der Waals surface area (Å²) in [6, 6.07) is 10.8. The van der Waals surface area contributed by atoms with Crippen LogP contribution in [0.15, 0.2) is 36.5 Å². The highest BCUT2D eigenvalue weighted by atomic mass is 32.1. The molecule has 0 bridgehead atoms. The van der Waals surface area contributed by atoms with Crippen molar-refractivity contribution in [3.63, 3.8) is 0 Å². The lowest BCUT2D eigenvalue weighted by Crippen LogP contribution is -2.53. The van der Waals surface area contributed by atoms with Gasteiger partial charge in [0.15, 0.2) is 0 Å². The smallest absolute Gasteiger partial charge is 0.254 e. The molecule has 10 heteroatoms. The van der Waals surface area contributed by atoms with Gasteiger partial charge in [-0.25, -0.2) is 4.98 Å². The summed E-state index contributed by atoms with van der Waals surface area (Å²) in [6.45, 7) is 9.62. The fourth-order valence-electron chi connectivity index (χ4n) is 5.21. The molecule has 0 spiro atoms. The van der Waals surface area contributed by atoms with Gasteiger partial charge < -0.3 is 19.6 Å². The lowest BCUT2D eigenvalue weighted by Gasteiger charge is -2.37. The number of carbonyl (C=O) groups excluding carboxylic acids is 1. The van der Waals surface area contributed by atoms with Crippen molar-refractivity contribution in [3.05, 3.63) is 42.2 Å². The average Bonchev–Trinajstić information content (AvgIpc) is 3.55. The number of pyridine rings is 1. The van der Waals surface area contributed by atoms with Crippen LogP contribution in [-0.2, 0) is 16.1 Å². The molecule has 0 unspecified atom stereocenters. The van der Waals surface area contributed by atoms with Crippen LogP contribution in [0.4, 0.5) is 5.82 Å². The number of carbonyl (C=O) groups is 1. The van der Waals surface area contributed by atoms with Crippen molar-refractivity contribution in [2.45, 2.75) is 26.0 Å². The Kier molecular flexibility index (Phi) is 6.36. The van der Waals surface area contributed by atoms with Crippen molar-refractivity contribution < 1.29 is 14.6 Å². The van der Waals surface area contributed by atoms with E-state index in [-0.39, 0.29) is 5.91 Å². The zero-order chi connectivity index (χ0) is 25.6. The Balaban J connectivity index is 1.31. The van der Waals surface area contributed by atoms with Gasteiger partial charge in [-0.3, -0.25) is 14.8 Å². The van der Waals surface area contributed by atoms with E-state index in [1.165, 1.54) is 20.5 Å². The topological polar surface area (TPSA) is 97.8 Å². The molecule has 0 saturated carbocycles. The van der Waals surface area contributed by atoms with Gasteiger partial charge in [0, 0.05) is 71.7 Å². The molecule has 0 radical (unpaired) electrons. The minimum Gasteiger partial charge on any atom is -0.381 e. The lowest BCUT2D eigenvalue weighted by molar-refractivity contribution is -0.149. The number of benzene rings is 1. The summed E-state index contributed by atoms with van der Waals surface area (Å²) in [5, 5.41) is 19.7. The van der Waals surface area contributed by atoms with E-state index in [2.05, 4.69) is 44.3 Å². The molecular formula is C27H32N6O3S. The highest BCUT2D eigenvalue weighted by Gasteiger charge is 2.31. The van der Waals surface area contributed by atoms with E-state index < -0.39 is 5.60 Å². The van der Waals surface area contributed by atoms with E-state index in [9.17, 15) is 9.90 Å². The molecule has 37 heavy (non-hydrogen) atoms. The summed E-state index contributed by atoms with van der Waals surface area (Å²) >= 11 is 1.79. The van der Waals surface area contributed by atoms with Crippen LogP contribution in [0, 0.1) is 0 Å². The maximum absolute atomic E-state index is 12.5. The molecular weight excluding hydrogens is 488 g/mol. The molecule has 1 aromatic carbocycles. The Labute approximate surface area is 219 Å². The van der Waals surface area contributed by atoms with Crippen molar-refractivity contribution in [1.82, 2.24) is 25.0 Å². The Morgan fingerprint density at radius 1 is 1.11 bits per heavy atom. The zero-order valence-corrected chi connectivity index (χ0v) is 22.1. The maximum Gasteiger partial charge on any atom is 0.254 e. The van der Waals surface area contributed by atoms with Crippen molar-refractivity contribution in [1.29, 1.82) is 0 Å². The number of H-pyrrole nitrogens is 1. The minimum absolute atomic E-state index is 0.208. The number of morpholine rings is 1. The zero-order valence-electron chi connectivity index (χ0n) is 21.2. The van der Waals surface area contributed by atoms with Gasteiger partial charge in [0.1, 0.15) is 11.4 Å². The molecule has 5 heterocycles. The third-order valence-corrected chi connectivity index (χ3v) is 8.29. The molecule has 6 rings (SSSR count). The number of amides is 1. The summed E-state index contributed by atoms with van der Waals surface area (Å²) in [7, 11) is 0. The van der Waals surface area contributed by atoms with Crippen LogP contribution in [0.3, 0.4) is 0 Å². The Hall–Kier alpha value is -3.05. The number of thiophene rings is 1. The van der Waals surface area contributed by atoms with Gasteiger partial charge in [-0.15, -0.1) is 11.3 Å². The third-order valence-electron chi connectivity index (χ3n) is 7.18. The molecule has 194 valence electrons. The largest absolute Gasteiger partial charge is 0.381 e. The number of anilines is 1. The number of ether oxygens (including phenoxy) is 1. The predicted molar refractivity (Wildman–Crippen MR) is 146 cm³/mol. The number of hydrogen-bond acceptors (Lipinski definition) is 8. The molecule has 2 N–H and O–H groups in total. The Morgan fingerprint density at radius 3 is 2.65 bits per heavy atom. The normalized spacial score (nSPS) is 17.7. The maximum atomic E-state index is 12.5. The summed E-state index contributed by atoms with van der Waals surface area (Å²) in [6.07, 6.45) is 1.89. The van der Waals surface area contributed by atoms with Crippen LogP contribution >= 0.6 is 11.3 Å². The van der Waals surface area contributed by atoms with Gasteiger partial charge in [-0.05, 0) is 32.0 Å². The van der Waals surface area contributed by atoms with Crippen LogP contribution < -0.4 is 4.90 Å². The Morgan fingerprint density at radius 2 is 1.89 bits per heavy atom. The summed E-state index contributed by atoms with van der Waals surface area (Å²) in [5.41, 5.74) is 1.91. The van der Waals surface area contributed by atoms with Crippen LogP contribution in [0.25, 0.3) is 31.4 Å². The lowest BCUT2D eigenvalue weighted by atomic mass is 10.1. The molecule has 2 aliphatic heterocycles. The fraction of sp³-hybridized carbons (Fsp3) is 0.444. The van der Waals surface area contributed by atoms with Crippen LogP contribution in [0.5, 0.6) is 0 Å². The monoisotopic (exact) mass is 520 g/mol. The SMILES string of the molecule is CC(C)(O)C(=O)N1CCN(Cc2cc3sc(-c4cccc5[nH]ncc45)cc3c(N3CCOCC3)n2)CC1. The first-order valence-electron chi connectivity index (χ1n) is 12.8. The van der Waals surface area contributed by atoms with Gasteiger partial charge in [0.05, 0.1) is 30.6 Å². The molecule has 0 atom stereocenters. The van der Waals surface area contributed by atoms with Gasteiger partial charge in [-0.1, -0.05) is 12.1 Å². The summed E-state index contributed by atoms with van der Waals surface area (Å²) < 4.78 is 6.84. The molecule has 4 aromatic rings. The molecule has 0 aliphatic carbocycles. The van der Waals surface area contributed by atoms with E-state index in [0.717, 1.165) is 55.1 Å². The third kappa shape index (κ3) is 4.82. The first-order valence-corrected chi connectivity index (χ1v) is 13.6. The molecule has 1 amide bonds. The van der Waals surface area contributed by atoms with E-state index in [4.69, 9.17) is 9.72 Å². The number of nitrogens with zero attached hydrogens (tertiary/aromatic N) is 5. The molecule has 2 aliphatic rings. The second kappa shape index (κ2) is 9.68. The second-order valence-corrected chi connectivity index (χ2v) is 11.4. The van der Waals surface area contributed by atoms with Gasteiger partial charge in [0.2, 0.25) is 0 Å². The van der Waals surface area contributed by atoms with Crippen LogP contribution in [0.2, 0.25) is 0 Å². The standard InChI is InChI=1S/C27H32N6O3S/c1-27(2,35)26(34)33-8-6-31(7-9-33)17-18-14-23-20(25(29-18)32-10-12-36-13-11-32)15-24(37-23)19-4-3-5-22-21(19)16-28-30-22/h3-5,14-16,35H,6-13,17H2,1-2H3,(H,28,30). The first kappa shape index (κ1) is 24.3. The van der Waals surface area contributed by atoms with Crippen molar-refractivity contribution in [3.8, 4) is 10.4 Å². The number of rotatable bonds is 5. The number of fused-ring (bicyclic) bond motifs is 2. The van der Waals surface area contributed by atoms with Crippen LogP contribution in [0.1, 0.15) is 19.5 Å². The van der Waals surface area contributed by atoms with E-state index in [1.807, 2.05) is 12.3 Å². The molecule has 2 fully saturated rings. The number of aliphatic hydroxyl groups is 1. The highest BCUT2D eigenvalue weighted by molar-refractivity contribution is 7.22.